The van der Waals surface area contributed by atoms with Gasteiger partial charge < -0.3 is 9.84 Å². The molecule has 1 fully saturated rings. The summed E-state index contributed by atoms with van der Waals surface area (Å²) in [4.78, 5) is 3.99. The van der Waals surface area contributed by atoms with Gasteiger partial charge in [0.1, 0.15) is 0 Å². The van der Waals surface area contributed by atoms with Gasteiger partial charge in [0, 0.05) is 10.5 Å². The van der Waals surface area contributed by atoms with Gasteiger partial charge in [-0.15, -0.1) is 0 Å². The second-order valence-electron chi connectivity index (χ2n) is 4.62. The molecule has 0 spiro atoms. The molecule has 1 aliphatic rings. The first kappa shape index (κ1) is 11.9. The Balaban J connectivity index is 1.50. The van der Waals surface area contributed by atoms with Crippen LogP contribution in [0, 0.1) is 0 Å². The number of rotatable bonds is 4. The maximum absolute atomic E-state index is 4.70. The number of nitrogens with zero attached hydrogens (tertiary/aromatic N) is 2. The highest BCUT2D eigenvalue weighted by atomic mass is 79.9. The lowest BCUT2D eigenvalue weighted by Gasteiger charge is -2.36. The van der Waals surface area contributed by atoms with Gasteiger partial charge >= 0.3 is 0 Å². The fourth-order valence-corrected chi connectivity index (χ4v) is 2.96. The van der Waals surface area contributed by atoms with Crippen molar-refractivity contribution in [2.75, 3.05) is 0 Å². The van der Waals surface area contributed by atoms with E-state index in [1.807, 2.05) is 0 Å². The average Bonchev–Trinajstić information content (AvgIpc) is 2.82. The summed E-state index contributed by atoms with van der Waals surface area (Å²) in [5.41, 5.74) is 1.41. The van der Waals surface area contributed by atoms with Crippen molar-refractivity contribution in [2.24, 2.45) is 0 Å². The fourth-order valence-electron chi connectivity index (χ4n) is 2.35. The van der Waals surface area contributed by atoms with Crippen molar-refractivity contribution in [1.29, 1.82) is 0 Å². The Morgan fingerprint density at radius 2 is 2.17 bits per heavy atom. The third-order valence-electron chi connectivity index (χ3n) is 3.44. The summed E-state index contributed by atoms with van der Waals surface area (Å²) in [7, 11) is 0. The molecule has 0 saturated heterocycles. The number of aromatic nitrogens is 2. The minimum atomic E-state index is 0.556. The second kappa shape index (κ2) is 5.20. The molecule has 0 atom stereocenters. The number of benzene rings is 1. The average molecular weight is 308 g/mol. The zero-order valence-electron chi connectivity index (χ0n) is 9.84. The molecule has 1 aliphatic carbocycles. The first-order chi connectivity index (χ1) is 8.83. The lowest BCUT2D eigenvalue weighted by atomic mass is 9.76. The molecule has 2 aromatic rings. The molecule has 3 rings (SSSR count). The van der Waals surface area contributed by atoms with E-state index in [4.69, 9.17) is 4.52 Å². The van der Waals surface area contributed by atoms with E-state index in [1.165, 1.54) is 29.3 Å². The number of hydrogen-bond acceptors (Lipinski definition) is 4. The van der Waals surface area contributed by atoms with Crippen LogP contribution in [0.5, 0.6) is 0 Å². The monoisotopic (exact) mass is 307 g/mol. The molecule has 1 heterocycles. The van der Waals surface area contributed by atoms with Crippen LogP contribution in [0.25, 0.3) is 0 Å². The van der Waals surface area contributed by atoms with Crippen molar-refractivity contribution in [3.8, 4) is 0 Å². The largest absolute Gasteiger partial charge is 0.343 e. The second-order valence-corrected chi connectivity index (χ2v) is 5.47. The van der Waals surface area contributed by atoms with E-state index in [1.54, 1.807) is 0 Å². The summed E-state index contributed by atoms with van der Waals surface area (Å²) in [6.45, 7) is 0.684. The van der Waals surface area contributed by atoms with Crippen LogP contribution in [-0.2, 0) is 6.54 Å². The van der Waals surface area contributed by atoms with Crippen LogP contribution in [0.4, 0.5) is 0 Å². The molecule has 1 N–H and O–H groups in total. The van der Waals surface area contributed by atoms with E-state index in [0.29, 0.717) is 18.5 Å². The first-order valence-electron chi connectivity index (χ1n) is 6.06. The summed E-state index contributed by atoms with van der Waals surface area (Å²) in [6, 6.07) is 9.01. The minimum absolute atomic E-state index is 0.556. The third kappa shape index (κ3) is 2.47. The van der Waals surface area contributed by atoms with Gasteiger partial charge in [-0.2, -0.15) is 4.98 Å². The molecule has 0 aliphatic heterocycles. The first-order valence-corrected chi connectivity index (χ1v) is 6.85. The maximum atomic E-state index is 4.70. The molecule has 1 aromatic heterocycles. The normalized spacial score (nSPS) is 22.7. The third-order valence-corrected chi connectivity index (χ3v) is 4.16. The Kier molecular flexibility index (Phi) is 3.43. The number of halogens is 1. The Labute approximate surface area is 114 Å². The van der Waals surface area contributed by atoms with Crippen LogP contribution < -0.4 is 5.32 Å². The number of nitrogens with one attached hydrogen (secondary N) is 1. The van der Waals surface area contributed by atoms with E-state index in [0.717, 1.165) is 5.82 Å². The van der Waals surface area contributed by atoms with Crippen molar-refractivity contribution in [3.05, 3.63) is 46.5 Å². The predicted molar refractivity (Wildman–Crippen MR) is 71.0 cm³/mol. The molecule has 4 nitrogen and oxygen atoms in total. The zero-order valence-corrected chi connectivity index (χ0v) is 11.4. The minimum Gasteiger partial charge on any atom is -0.343 e. The molecule has 18 heavy (non-hydrogen) atoms. The van der Waals surface area contributed by atoms with E-state index < -0.39 is 0 Å². The van der Waals surface area contributed by atoms with Crippen LogP contribution in [0.2, 0.25) is 0 Å². The van der Waals surface area contributed by atoms with Gasteiger partial charge in [0.05, 0.1) is 6.54 Å². The van der Waals surface area contributed by atoms with Crippen molar-refractivity contribution >= 4 is 15.9 Å². The summed E-state index contributed by atoms with van der Waals surface area (Å²) in [5, 5.41) is 7.22. The van der Waals surface area contributed by atoms with Crippen LogP contribution in [-0.4, -0.2) is 16.2 Å². The summed E-state index contributed by atoms with van der Waals surface area (Å²) in [6.07, 6.45) is 3.70. The van der Waals surface area contributed by atoms with Crippen LogP contribution in [0.1, 0.15) is 30.1 Å². The lowest BCUT2D eigenvalue weighted by molar-refractivity contribution is 0.285. The van der Waals surface area contributed by atoms with Crippen LogP contribution in [0.3, 0.4) is 0 Å². The smallest absolute Gasteiger partial charge is 0.213 e. The van der Waals surface area contributed by atoms with Crippen molar-refractivity contribution in [3.63, 3.8) is 0 Å². The SMILES string of the molecule is Brc1ccccc1C1CC(NCc2ncon2)C1. The van der Waals surface area contributed by atoms with Crippen molar-refractivity contribution in [1.82, 2.24) is 15.5 Å². The highest BCUT2D eigenvalue weighted by Crippen LogP contribution is 2.39. The topological polar surface area (TPSA) is 51.0 Å². The van der Waals surface area contributed by atoms with Gasteiger partial charge in [-0.1, -0.05) is 39.3 Å². The predicted octanol–water partition coefficient (Wildman–Crippen LogP) is 2.87. The summed E-state index contributed by atoms with van der Waals surface area (Å²) in [5.74, 6) is 1.38. The lowest BCUT2D eigenvalue weighted by Crippen LogP contribution is -2.39. The number of hydrogen-bond donors (Lipinski definition) is 1. The summed E-state index contributed by atoms with van der Waals surface area (Å²) < 4.78 is 5.91. The summed E-state index contributed by atoms with van der Waals surface area (Å²) >= 11 is 3.61. The molecule has 0 radical (unpaired) electrons. The van der Waals surface area contributed by atoms with E-state index in [-0.39, 0.29) is 0 Å². The van der Waals surface area contributed by atoms with E-state index in [2.05, 4.69) is 55.7 Å². The quantitative estimate of drug-likeness (QED) is 0.943. The van der Waals surface area contributed by atoms with Crippen molar-refractivity contribution in [2.45, 2.75) is 31.3 Å². The van der Waals surface area contributed by atoms with Gasteiger partial charge in [-0.25, -0.2) is 0 Å². The fraction of sp³-hybridized carbons (Fsp3) is 0.385. The van der Waals surface area contributed by atoms with Crippen LogP contribution in [0.15, 0.2) is 39.7 Å². The standard InChI is InChI=1S/C13H14BrN3O/c14-12-4-2-1-3-11(12)9-5-10(6-9)15-7-13-16-8-18-17-13/h1-4,8-10,15H,5-7H2. The molecule has 0 bridgehead atoms. The van der Waals surface area contributed by atoms with Gasteiger partial charge in [0.2, 0.25) is 6.39 Å². The van der Waals surface area contributed by atoms with Gasteiger partial charge in [0.25, 0.3) is 0 Å². The van der Waals surface area contributed by atoms with E-state index in [9.17, 15) is 0 Å². The Bertz CT molecular complexity index is 509. The molecule has 5 heteroatoms. The molecular formula is C13H14BrN3O. The maximum Gasteiger partial charge on any atom is 0.213 e. The molecule has 94 valence electrons. The molecule has 0 amide bonds. The Morgan fingerprint density at radius 1 is 1.33 bits per heavy atom. The van der Waals surface area contributed by atoms with Crippen LogP contribution >= 0.6 is 15.9 Å². The highest BCUT2D eigenvalue weighted by Gasteiger charge is 2.30. The molecule has 1 saturated carbocycles. The molecule has 1 aromatic carbocycles. The Morgan fingerprint density at radius 3 is 2.89 bits per heavy atom. The van der Waals surface area contributed by atoms with E-state index >= 15 is 0 Å². The zero-order chi connectivity index (χ0) is 12.4. The molecule has 0 unspecified atom stereocenters. The van der Waals surface area contributed by atoms with Gasteiger partial charge in [-0.3, -0.25) is 0 Å². The van der Waals surface area contributed by atoms with Gasteiger partial charge in [-0.05, 0) is 30.4 Å². The highest BCUT2D eigenvalue weighted by molar-refractivity contribution is 9.10. The Hall–Kier alpha value is -1.20. The van der Waals surface area contributed by atoms with Gasteiger partial charge in [0.15, 0.2) is 5.82 Å². The van der Waals surface area contributed by atoms with Crippen molar-refractivity contribution < 1.29 is 4.52 Å². The molecular weight excluding hydrogens is 294 g/mol.